The van der Waals surface area contributed by atoms with Crippen molar-refractivity contribution >= 4 is 29.7 Å². The molecule has 2 aromatic rings. The Morgan fingerprint density at radius 1 is 1.09 bits per heavy atom. The Kier molecular flexibility index (Phi) is 7.23. The summed E-state index contributed by atoms with van der Waals surface area (Å²) in [6, 6.07) is 15.5. The maximum Gasteiger partial charge on any atom is 0.407 e. The molecule has 2 atom stereocenters. The largest absolute Gasteiger partial charge is 0.480 e. The number of ether oxygens (including phenoxy) is 1. The molecule has 7 nitrogen and oxygen atoms in total. The number of carboxylic acid groups (broad SMARTS) is 1. The van der Waals surface area contributed by atoms with Gasteiger partial charge in [-0.3, -0.25) is 4.79 Å². The first-order valence-corrected chi connectivity index (χ1v) is 12.3. The van der Waals surface area contributed by atoms with Gasteiger partial charge in [-0.1, -0.05) is 55.5 Å². The molecule has 4 rings (SSSR count). The summed E-state index contributed by atoms with van der Waals surface area (Å²) in [4.78, 5) is 37.8. The van der Waals surface area contributed by atoms with Gasteiger partial charge in [0.05, 0.1) is 5.37 Å². The van der Waals surface area contributed by atoms with E-state index in [1.807, 2.05) is 31.2 Å². The fourth-order valence-electron chi connectivity index (χ4n) is 4.61. The molecule has 2 N–H and O–H groups in total. The molecule has 2 aliphatic rings. The molecule has 1 fully saturated rings. The van der Waals surface area contributed by atoms with Crippen LogP contribution in [0.15, 0.2) is 48.5 Å². The highest BCUT2D eigenvalue weighted by Gasteiger charge is 2.40. The van der Waals surface area contributed by atoms with Crippen LogP contribution >= 0.6 is 11.8 Å². The second-order valence-corrected chi connectivity index (χ2v) is 9.42. The molecule has 2 aromatic carbocycles. The number of carbonyl (C=O) groups is 3. The summed E-state index contributed by atoms with van der Waals surface area (Å²) in [5.41, 5.74) is 4.65. The SMILES string of the molecule is CCC1SCC(C(=O)O)N1C(=O)CCCNC(=O)OCC1c2ccccc2-c2ccccc21. The van der Waals surface area contributed by atoms with Crippen molar-refractivity contribution in [2.24, 2.45) is 0 Å². The van der Waals surface area contributed by atoms with E-state index in [1.54, 1.807) is 0 Å². The van der Waals surface area contributed by atoms with Crippen molar-refractivity contribution < 1.29 is 24.2 Å². The predicted octanol–water partition coefficient (Wildman–Crippen LogP) is 4.07. The van der Waals surface area contributed by atoms with Crippen molar-refractivity contribution in [1.29, 1.82) is 0 Å². The average Bonchev–Trinajstić information content (AvgIpc) is 3.40. The Labute approximate surface area is 197 Å². The molecule has 1 aliphatic carbocycles. The molecule has 0 bridgehead atoms. The minimum Gasteiger partial charge on any atom is -0.480 e. The molecule has 0 aromatic heterocycles. The van der Waals surface area contributed by atoms with E-state index in [4.69, 9.17) is 4.74 Å². The molecule has 0 saturated carbocycles. The molecule has 0 spiro atoms. The van der Waals surface area contributed by atoms with Crippen LogP contribution in [0.5, 0.6) is 0 Å². The normalized spacial score (nSPS) is 19.1. The lowest BCUT2D eigenvalue weighted by molar-refractivity contribution is -0.149. The van der Waals surface area contributed by atoms with Crippen LogP contribution in [0, 0.1) is 0 Å². The Balaban J connectivity index is 1.25. The highest BCUT2D eigenvalue weighted by molar-refractivity contribution is 8.00. The summed E-state index contributed by atoms with van der Waals surface area (Å²) in [5.74, 6) is -0.745. The van der Waals surface area contributed by atoms with Gasteiger partial charge >= 0.3 is 12.1 Å². The maximum atomic E-state index is 12.6. The first kappa shape index (κ1) is 23.2. The third kappa shape index (κ3) is 4.85. The van der Waals surface area contributed by atoms with Gasteiger partial charge in [0, 0.05) is 24.6 Å². The second-order valence-electron chi connectivity index (χ2n) is 8.21. The van der Waals surface area contributed by atoms with Gasteiger partial charge in [0.1, 0.15) is 12.6 Å². The molecule has 1 aliphatic heterocycles. The zero-order valence-corrected chi connectivity index (χ0v) is 19.3. The number of nitrogens with one attached hydrogen (secondary N) is 1. The summed E-state index contributed by atoms with van der Waals surface area (Å²) in [5, 5.41) is 12.0. The standard InChI is InChI=1S/C25H28N2O5S/c1-2-23-27(21(15-33-23)24(29)30)22(28)12-7-13-26-25(31)32-14-20-18-10-5-3-8-16(18)17-9-4-6-11-19(17)20/h3-6,8-11,20-21,23H,2,7,12-15H2,1H3,(H,26,31)(H,29,30). The Morgan fingerprint density at radius 2 is 1.73 bits per heavy atom. The molecule has 33 heavy (non-hydrogen) atoms. The zero-order valence-electron chi connectivity index (χ0n) is 18.5. The fourth-order valence-corrected chi connectivity index (χ4v) is 5.98. The van der Waals surface area contributed by atoms with E-state index in [2.05, 4.69) is 29.6 Å². The fraction of sp³-hybridized carbons (Fsp3) is 0.400. The number of carboxylic acids is 1. The molecule has 1 saturated heterocycles. The Morgan fingerprint density at radius 3 is 2.33 bits per heavy atom. The van der Waals surface area contributed by atoms with Crippen molar-refractivity contribution in [3.05, 3.63) is 59.7 Å². The van der Waals surface area contributed by atoms with Crippen LogP contribution in [-0.4, -0.2) is 58.3 Å². The van der Waals surface area contributed by atoms with Gasteiger partial charge in [0.25, 0.3) is 0 Å². The molecule has 174 valence electrons. The lowest BCUT2D eigenvalue weighted by Gasteiger charge is -2.26. The van der Waals surface area contributed by atoms with Gasteiger partial charge in [-0.05, 0) is 35.1 Å². The van der Waals surface area contributed by atoms with Crippen molar-refractivity contribution in [2.45, 2.75) is 43.5 Å². The van der Waals surface area contributed by atoms with Crippen LogP contribution in [0.4, 0.5) is 4.79 Å². The van der Waals surface area contributed by atoms with E-state index in [0.717, 1.165) is 11.1 Å². The van der Waals surface area contributed by atoms with Crippen molar-refractivity contribution in [3.8, 4) is 11.1 Å². The number of aliphatic carboxylic acids is 1. The molecular weight excluding hydrogens is 440 g/mol. The van der Waals surface area contributed by atoms with E-state index >= 15 is 0 Å². The summed E-state index contributed by atoms with van der Waals surface area (Å²) >= 11 is 1.50. The van der Waals surface area contributed by atoms with Crippen LogP contribution in [0.3, 0.4) is 0 Å². The van der Waals surface area contributed by atoms with Gasteiger partial charge < -0.3 is 20.1 Å². The van der Waals surface area contributed by atoms with Crippen LogP contribution in [0.25, 0.3) is 11.1 Å². The average molecular weight is 469 g/mol. The van der Waals surface area contributed by atoms with Gasteiger partial charge in [-0.2, -0.15) is 0 Å². The Hall–Kier alpha value is -3.00. The van der Waals surface area contributed by atoms with E-state index in [-0.39, 0.29) is 36.8 Å². The highest BCUT2D eigenvalue weighted by atomic mass is 32.2. The summed E-state index contributed by atoms with van der Waals surface area (Å²) in [6.45, 7) is 2.47. The molecule has 0 radical (unpaired) electrons. The lowest BCUT2D eigenvalue weighted by atomic mass is 9.98. The van der Waals surface area contributed by atoms with Crippen molar-refractivity contribution in [3.63, 3.8) is 0 Å². The van der Waals surface area contributed by atoms with E-state index in [0.29, 0.717) is 18.6 Å². The number of rotatable bonds is 8. The Bertz CT molecular complexity index is 997. The number of fused-ring (bicyclic) bond motifs is 3. The number of hydrogen-bond donors (Lipinski definition) is 2. The van der Waals surface area contributed by atoms with Crippen LogP contribution in [0.1, 0.15) is 43.2 Å². The van der Waals surface area contributed by atoms with Crippen LogP contribution < -0.4 is 5.32 Å². The summed E-state index contributed by atoms with van der Waals surface area (Å²) in [6.07, 6.45) is 0.797. The van der Waals surface area contributed by atoms with Gasteiger partial charge in [0.2, 0.25) is 5.91 Å². The smallest absolute Gasteiger partial charge is 0.407 e. The summed E-state index contributed by atoms with van der Waals surface area (Å²) < 4.78 is 5.50. The maximum absolute atomic E-state index is 12.6. The quantitative estimate of drug-likeness (QED) is 0.567. The molecule has 2 amide bonds. The first-order chi connectivity index (χ1) is 16.0. The van der Waals surface area contributed by atoms with E-state index in [9.17, 15) is 19.5 Å². The van der Waals surface area contributed by atoms with Crippen LogP contribution in [0.2, 0.25) is 0 Å². The summed E-state index contributed by atoms with van der Waals surface area (Å²) in [7, 11) is 0. The highest BCUT2D eigenvalue weighted by Crippen LogP contribution is 2.44. The molecular formula is C25H28N2O5S. The van der Waals surface area contributed by atoms with Crippen LogP contribution in [-0.2, 0) is 14.3 Å². The predicted molar refractivity (Wildman–Crippen MR) is 127 cm³/mol. The first-order valence-electron chi connectivity index (χ1n) is 11.3. The minimum atomic E-state index is -0.969. The van der Waals surface area contributed by atoms with Gasteiger partial charge in [-0.25, -0.2) is 9.59 Å². The van der Waals surface area contributed by atoms with Crippen molar-refractivity contribution in [1.82, 2.24) is 10.2 Å². The zero-order chi connectivity index (χ0) is 23.4. The number of amides is 2. The van der Waals surface area contributed by atoms with Crippen molar-refractivity contribution in [2.75, 3.05) is 18.9 Å². The molecule has 8 heteroatoms. The monoisotopic (exact) mass is 468 g/mol. The lowest BCUT2D eigenvalue weighted by Crippen LogP contribution is -2.45. The second kappa shape index (κ2) is 10.3. The third-order valence-electron chi connectivity index (χ3n) is 6.20. The van der Waals surface area contributed by atoms with E-state index in [1.165, 1.54) is 27.8 Å². The number of hydrogen-bond acceptors (Lipinski definition) is 5. The number of benzene rings is 2. The number of carbonyl (C=O) groups excluding carboxylic acids is 2. The van der Waals surface area contributed by atoms with Gasteiger partial charge in [-0.15, -0.1) is 11.8 Å². The number of thioether (sulfide) groups is 1. The van der Waals surface area contributed by atoms with Gasteiger partial charge in [0.15, 0.2) is 0 Å². The molecule has 2 unspecified atom stereocenters. The third-order valence-corrected chi connectivity index (χ3v) is 7.65. The molecule has 1 heterocycles. The van der Waals surface area contributed by atoms with E-state index < -0.39 is 18.1 Å². The number of alkyl carbamates (subject to hydrolysis) is 1. The number of nitrogens with zero attached hydrogens (tertiary/aromatic N) is 1. The topological polar surface area (TPSA) is 95.9 Å². The minimum absolute atomic E-state index is 0.00340.